The molecule has 0 radical (unpaired) electrons. The van der Waals surface area contributed by atoms with Gasteiger partial charge in [-0.15, -0.1) is 0 Å². The lowest BCUT2D eigenvalue weighted by Gasteiger charge is -2.39. The second-order valence-electron chi connectivity index (χ2n) is 11.4. The number of rotatable bonds is 9. The number of benzene rings is 2. The number of aromatic nitrogens is 2. The summed E-state index contributed by atoms with van der Waals surface area (Å²) in [4.78, 5) is 19.7. The molecule has 3 heterocycles. The maximum atomic E-state index is 6.70. The molecule has 7 nitrogen and oxygen atoms in total. The zero-order valence-corrected chi connectivity index (χ0v) is 24.9. The van der Waals surface area contributed by atoms with Crippen LogP contribution in [0.1, 0.15) is 44.9 Å². The van der Waals surface area contributed by atoms with Gasteiger partial charge in [-0.2, -0.15) is 9.97 Å². The first-order chi connectivity index (χ1) is 18.9. The molecule has 0 aliphatic carbocycles. The van der Waals surface area contributed by atoms with Crippen LogP contribution in [0.3, 0.4) is 0 Å². The van der Waals surface area contributed by atoms with E-state index in [-0.39, 0.29) is 0 Å². The Labute approximate surface area is 238 Å². The molecule has 2 aromatic carbocycles. The highest BCUT2D eigenvalue weighted by atomic mass is 35.5. The molecule has 2 aliphatic heterocycles. The second-order valence-corrected chi connectivity index (χ2v) is 11.8. The summed E-state index contributed by atoms with van der Waals surface area (Å²) < 4.78 is 6.33. The monoisotopic (exact) mass is 550 g/mol. The van der Waals surface area contributed by atoms with E-state index in [9.17, 15) is 0 Å². The minimum Gasteiger partial charge on any atom is -0.462 e. The number of hydrogen-bond acceptors (Lipinski definition) is 7. The zero-order chi connectivity index (χ0) is 27.5. The molecule has 0 N–H and O–H groups in total. The number of piperazine rings is 1. The van der Waals surface area contributed by atoms with Crippen LogP contribution < -0.4 is 14.5 Å². The Balaban J connectivity index is 1.47. The fraction of sp³-hybridized carbons (Fsp3) is 0.548. The molecule has 0 saturated carbocycles. The van der Waals surface area contributed by atoms with E-state index < -0.39 is 0 Å². The first-order valence-electron chi connectivity index (χ1n) is 14.5. The summed E-state index contributed by atoms with van der Waals surface area (Å²) in [6.07, 6.45) is 3.09. The predicted octanol–water partition coefficient (Wildman–Crippen LogP) is 5.49. The average Bonchev–Trinajstić information content (AvgIpc) is 2.94. The summed E-state index contributed by atoms with van der Waals surface area (Å²) in [5, 5.41) is 3.05. The molecule has 39 heavy (non-hydrogen) atoms. The molecule has 0 bridgehead atoms. The van der Waals surface area contributed by atoms with E-state index in [0.29, 0.717) is 31.2 Å². The van der Waals surface area contributed by atoms with E-state index in [4.69, 9.17) is 26.3 Å². The number of hydrogen-bond donors (Lipinski definition) is 0. The van der Waals surface area contributed by atoms with Crippen molar-refractivity contribution in [3.05, 3.63) is 52.7 Å². The smallest absolute Gasteiger partial charge is 0.318 e. The molecule has 2 aliphatic rings. The first kappa shape index (κ1) is 27.9. The van der Waals surface area contributed by atoms with Crippen molar-refractivity contribution in [1.82, 2.24) is 19.8 Å². The summed E-state index contributed by atoms with van der Waals surface area (Å²) in [7, 11) is 4.23. The zero-order valence-electron chi connectivity index (χ0n) is 24.2. The summed E-state index contributed by atoms with van der Waals surface area (Å²) in [6, 6.07) is 13.9. The van der Waals surface area contributed by atoms with Crippen LogP contribution in [0.15, 0.2) is 36.4 Å². The van der Waals surface area contributed by atoms with E-state index in [2.05, 4.69) is 78.7 Å². The van der Waals surface area contributed by atoms with Crippen molar-refractivity contribution in [3.8, 4) is 6.01 Å². The van der Waals surface area contributed by atoms with E-state index in [1.165, 1.54) is 5.56 Å². The number of ether oxygens (including phenoxy) is 1. The van der Waals surface area contributed by atoms with Crippen LogP contribution in [0.25, 0.3) is 10.8 Å². The summed E-state index contributed by atoms with van der Waals surface area (Å²) >= 11 is 6.70. The quantitative estimate of drug-likeness (QED) is 0.349. The normalized spacial score (nSPS) is 17.2. The van der Waals surface area contributed by atoms with Gasteiger partial charge in [0.2, 0.25) is 0 Å². The van der Waals surface area contributed by atoms with Crippen molar-refractivity contribution in [2.24, 2.45) is 0 Å². The molecular formula is C31H43ClN6O. The molecule has 5 rings (SSSR count). The van der Waals surface area contributed by atoms with Gasteiger partial charge in [0.25, 0.3) is 0 Å². The van der Waals surface area contributed by atoms with Crippen molar-refractivity contribution in [3.63, 3.8) is 0 Å². The van der Waals surface area contributed by atoms with E-state index >= 15 is 0 Å². The molecule has 1 aromatic heterocycles. The molecule has 1 saturated heterocycles. The Morgan fingerprint density at radius 1 is 0.974 bits per heavy atom. The first-order valence-corrected chi connectivity index (χ1v) is 14.8. The highest BCUT2D eigenvalue weighted by Gasteiger charge is 2.29. The number of fused-ring (bicyclic) bond motifs is 2. The summed E-state index contributed by atoms with van der Waals surface area (Å²) in [5.74, 6) is 1.06. The van der Waals surface area contributed by atoms with Crippen LogP contribution in [0.5, 0.6) is 6.01 Å². The number of halogens is 1. The van der Waals surface area contributed by atoms with Gasteiger partial charge in [0.1, 0.15) is 12.4 Å². The largest absolute Gasteiger partial charge is 0.462 e. The topological polar surface area (TPSA) is 48.0 Å². The lowest BCUT2D eigenvalue weighted by atomic mass is 10.0. The number of likely N-dealkylation sites (N-methyl/N-ethyl adjacent to an activating group) is 1. The van der Waals surface area contributed by atoms with Crippen molar-refractivity contribution < 1.29 is 4.74 Å². The van der Waals surface area contributed by atoms with Crippen LogP contribution in [-0.4, -0.2) is 85.3 Å². The number of nitrogens with zero attached hydrogens (tertiary/aromatic N) is 6. The van der Waals surface area contributed by atoms with E-state index in [1.807, 2.05) is 12.1 Å². The minimum absolute atomic E-state index is 0.335. The van der Waals surface area contributed by atoms with E-state index in [0.717, 1.165) is 85.0 Å². The van der Waals surface area contributed by atoms with Gasteiger partial charge in [0.15, 0.2) is 0 Å². The van der Waals surface area contributed by atoms with Gasteiger partial charge in [0, 0.05) is 61.4 Å². The molecule has 0 spiro atoms. The van der Waals surface area contributed by atoms with Crippen molar-refractivity contribution >= 4 is 33.9 Å². The standard InChI is InChI=1S/C31H43ClN6O/c1-6-9-24(35(4)5)21-39-31-33-27-20-38(28-13-8-11-23-10-7-12-26(32)29(23)28)15-14-25(27)30(34-31)37-18-16-36(17-19-37)22(2)3/h7-8,10-13,22,24H,6,9,14-21H2,1-5H3/t24-/m0/s1. The lowest BCUT2D eigenvalue weighted by Crippen LogP contribution is -2.49. The van der Waals surface area contributed by atoms with Gasteiger partial charge in [-0.3, -0.25) is 4.90 Å². The van der Waals surface area contributed by atoms with Crippen LogP contribution in [0.2, 0.25) is 5.02 Å². The van der Waals surface area contributed by atoms with Gasteiger partial charge < -0.3 is 19.4 Å². The van der Waals surface area contributed by atoms with Gasteiger partial charge in [-0.25, -0.2) is 0 Å². The molecule has 1 fully saturated rings. The summed E-state index contributed by atoms with van der Waals surface area (Å²) in [5.41, 5.74) is 3.49. The fourth-order valence-corrected chi connectivity index (χ4v) is 6.18. The molecule has 210 valence electrons. The van der Waals surface area contributed by atoms with Crippen molar-refractivity contribution in [1.29, 1.82) is 0 Å². The second kappa shape index (κ2) is 12.3. The highest BCUT2D eigenvalue weighted by molar-refractivity contribution is 6.36. The minimum atomic E-state index is 0.335. The molecular weight excluding hydrogens is 508 g/mol. The number of anilines is 2. The van der Waals surface area contributed by atoms with Crippen LogP contribution in [0, 0.1) is 0 Å². The summed E-state index contributed by atoms with van der Waals surface area (Å²) in [6.45, 7) is 13.0. The molecule has 0 unspecified atom stereocenters. The van der Waals surface area contributed by atoms with Gasteiger partial charge in [-0.1, -0.05) is 49.2 Å². The van der Waals surface area contributed by atoms with Crippen LogP contribution in [0.4, 0.5) is 11.5 Å². The third-order valence-corrected chi connectivity index (χ3v) is 8.61. The molecule has 3 aromatic rings. The van der Waals surface area contributed by atoms with Gasteiger partial charge >= 0.3 is 6.01 Å². The van der Waals surface area contributed by atoms with Crippen LogP contribution >= 0.6 is 11.6 Å². The molecule has 8 heteroatoms. The van der Waals surface area contributed by atoms with Crippen molar-refractivity contribution in [2.45, 2.75) is 58.7 Å². The van der Waals surface area contributed by atoms with Gasteiger partial charge in [-0.05, 0) is 58.3 Å². The predicted molar refractivity (Wildman–Crippen MR) is 163 cm³/mol. The maximum absolute atomic E-state index is 6.70. The van der Waals surface area contributed by atoms with E-state index in [1.54, 1.807) is 0 Å². The van der Waals surface area contributed by atoms with Crippen molar-refractivity contribution in [2.75, 3.05) is 63.2 Å². The third-order valence-electron chi connectivity index (χ3n) is 8.30. The third kappa shape index (κ3) is 6.11. The average molecular weight is 551 g/mol. The Morgan fingerprint density at radius 3 is 2.41 bits per heavy atom. The maximum Gasteiger partial charge on any atom is 0.318 e. The lowest BCUT2D eigenvalue weighted by molar-refractivity contribution is 0.166. The highest BCUT2D eigenvalue weighted by Crippen LogP contribution is 2.37. The van der Waals surface area contributed by atoms with Crippen LogP contribution in [-0.2, 0) is 13.0 Å². The fourth-order valence-electron chi connectivity index (χ4n) is 5.90. The Kier molecular flexibility index (Phi) is 8.79. The Morgan fingerprint density at radius 2 is 1.72 bits per heavy atom. The molecule has 0 amide bonds. The van der Waals surface area contributed by atoms with Gasteiger partial charge in [0.05, 0.1) is 17.3 Å². The Hall–Kier alpha value is -2.61. The SMILES string of the molecule is CCC[C@@H](COc1nc2c(c(N3CCN(C(C)C)CC3)n1)CCN(c1cccc3cccc(Cl)c13)C2)N(C)C. The Bertz CT molecular complexity index is 1270. The molecule has 1 atom stereocenters.